The summed E-state index contributed by atoms with van der Waals surface area (Å²) >= 11 is 0. The number of Topliss-reactive ketones (excluding diaryl/α,β-unsaturated/α-hetero) is 1. The average molecular weight is 738 g/mol. The van der Waals surface area contributed by atoms with Crippen LogP contribution >= 0.6 is 0 Å². The summed E-state index contributed by atoms with van der Waals surface area (Å²) in [6.07, 6.45) is 11.1. The minimum atomic E-state index is -0.996. The minimum Gasteiger partial charge on any atom is -0.347 e. The molecular formula is C40H63N7O6. The maximum atomic E-state index is 14.9. The first kappa shape index (κ1) is 40.4. The number of hydrogen-bond donors (Lipinski definition) is 5. The summed E-state index contributed by atoms with van der Waals surface area (Å²) in [4.78, 5) is 84.6. The normalized spacial score (nSPS) is 24.0. The van der Waals surface area contributed by atoms with Crippen LogP contribution in [0.1, 0.15) is 155 Å². The second kappa shape index (κ2) is 16.7. The molecule has 1 aromatic rings. The number of nitrogens with one attached hydrogen (secondary N) is 5. The number of H-pyrrole nitrogens is 1. The van der Waals surface area contributed by atoms with Gasteiger partial charge in [-0.15, -0.1) is 0 Å². The van der Waals surface area contributed by atoms with Crippen LogP contribution in [-0.4, -0.2) is 86.7 Å². The molecule has 4 fully saturated rings. The summed E-state index contributed by atoms with van der Waals surface area (Å²) in [5, 5.41) is 18.9. The Morgan fingerprint density at radius 1 is 0.868 bits per heavy atom. The molecule has 3 saturated carbocycles. The predicted octanol–water partition coefficient (Wildman–Crippen LogP) is 4.21. The van der Waals surface area contributed by atoms with Gasteiger partial charge in [-0.2, -0.15) is 5.10 Å². The lowest BCUT2D eigenvalue weighted by Crippen LogP contribution is -2.63. The number of hydrogen-bond acceptors (Lipinski definition) is 7. The Balaban J connectivity index is 1.38. The molecule has 1 aliphatic heterocycles. The van der Waals surface area contributed by atoms with E-state index in [1.807, 2.05) is 48.5 Å². The van der Waals surface area contributed by atoms with Crippen molar-refractivity contribution in [2.45, 2.75) is 180 Å². The van der Waals surface area contributed by atoms with Gasteiger partial charge in [0.2, 0.25) is 23.5 Å². The zero-order chi connectivity index (χ0) is 38.7. The molecule has 5 amide bonds. The van der Waals surface area contributed by atoms with Gasteiger partial charge in [-0.05, 0) is 74.7 Å². The molecule has 1 saturated heterocycles. The molecule has 13 heteroatoms. The molecule has 5 N–H and O–H groups in total. The Morgan fingerprint density at radius 2 is 1.53 bits per heavy atom. The number of aromatic nitrogens is 2. The van der Waals surface area contributed by atoms with Crippen LogP contribution < -0.4 is 21.3 Å². The number of amides is 5. The van der Waals surface area contributed by atoms with Gasteiger partial charge in [0.25, 0.3) is 11.8 Å². The van der Waals surface area contributed by atoms with Crippen molar-refractivity contribution in [1.82, 2.24) is 36.4 Å². The summed E-state index contributed by atoms with van der Waals surface area (Å²) in [5.41, 5.74) is 0.0145. The van der Waals surface area contributed by atoms with E-state index >= 15 is 0 Å². The lowest BCUT2D eigenvalue weighted by atomic mass is 9.81. The molecule has 5 rings (SSSR count). The van der Waals surface area contributed by atoms with E-state index in [4.69, 9.17) is 0 Å². The second-order valence-corrected chi connectivity index (χ2v) is 18.1. The van der Waals surface area contributed by atoms with Crippen LogP contribution in [0.3, 0.4) is 0 Å². The molecule has 0 radical (unpaired) electrons. The van der Waals surface area contributed by atoms with Gasteiger partial charge in [0, 0.05) is 23.2 Å². The summed E-state index contributed by atoms with van der Waals surface area (Å²) in [6.45, 7) is 13.6. The zero-order valence-electron chi connectivity index (χ0n) is 32.9. The van der Waals surface area contributed by atoms with Crippen LogP contribution in [0.5, 0.6) is 0 Å². The first-order valence-electron chi connectivity index (χ1n) is 20.1. The van der Waals surface area contributed by atoms with E-state index in [1.54, 1.807) is 11.0 Å². The zero-order valence-corrected chi connectivity index (χ0v) is 32.9. The fraction of sp³-hybridized carbons (Fsp3) is 0.775. The first-order chi connectivity index (χ1) is 25.0. The van der Waals surface area contributed by atoms with Gasteiger partial charge >= 0.3 is 0 Å². The highest BCUT2D eigenvalue weighted by Crippen LogP contribution is 2.41. The van der Waals surface area contributed by atoms with Crippen molar-refractivity contribution in [2.75, 3.05) is 0 Å². The van der Waals surface area contributed by atoms with Gasteiger partial charge in [-0.1, -0.05) is 87.0 Å². The van der Waals surface area contributed by atoms with Crippen molar-refractivity contribution in [3.63, 3.8) is 0 Å². The van der Waals surface area contributed by atoms with E-state index in [1.165, 1.54) is 0 Å². The fourth-order valence-corrected chi connectivity index (χ4v) is 8.41. The molecule has 6 atom stereocenters. The van der Waals surface area contributed by atoms with Gasteiger partial charge in [0.15, 0.2) is 0 Å². The highest BCUT2D eigenvalue weighted by molar-refractivity contribution is 6.38. The maximum absolute atomic E-state index is 14.9. The summed E-state index contributed by atoms with van der Waals surface area (Å²) < 4.78 is 0. The molecule has 0 bridgehead atoms. The highest BCUT2D eigenvalue weighted by atomic mass is 16.2. The molecule has 3 aliphatic carbocycles. The number of likely N-dealkylation sites (tertiary alicyclic amines) is 1. The molecule has 4 aliphatic rings. The maximum Gasteiger partial charge on any atom is 0.289 e. The third-order valence-corrected chi connectivity index (χ3v) is 11.7. The number of aromatic amines is 1. The number of fused-ring (bicyclic) bond motifs is 1. The predicted molar refractivity (Wildman–Crippen MR) is 201 cm³/mol. The van der Waals surface area contributed by atoms with Gasteiger partial charge in [0.05, 0.1) is 6.04 Å². The molecule has 53 heavy (non-hydrogen) atoms. The monoisotopic (exact) mass is 737 g/mol. The number of carbonyl (C=O) groups excluding carboxylic acids is 6. The van der Waals surface area contributed by atoms with Crippen LogP contribution in [0, 0.1) is 17.3 Å². The Hall–Kier alpha value is -3.77. The number of rotatable bonds is 13. The Labute approximate surface area is 314 Å². The van der Waals surface area contributed by atoms with Crippen LogP contribution in [0.2, 0.25) is 0 Å². The molecule has 13 nitrogen and oxygen atoms in total. The van der Waals surface area contributed by atoms with Gasteiger partial charge < -0.3 is 26.2 Å². The lowest BCUT2D eigenvalue weighted by Gasteiger charge is -2.40. The molecule has 0 unspecified atom stereocenters. The SMILES string of the molecule is CCC[C@H](NC(=O)[C@@H]1C[C@@H]2CCCC[C@@H]2N1C(=O)[C@@H](NC(=O)[C@@H](NC(=O)c1cc(C(C)(C)C)[nH]n1)C1CCCCC1)C(C)(C)C)C(=O)C(=O)NC1CC1. The van der Waals surface area contributed by atoms with E-state index in [0.717, 1.165) is 76.3 Å². The topological polar surface area (TPSA) is 182 Å². The molecule has 294 valence electrons. The molecule has 0 spiro atoms. The molecule has 1 aromatic heterocycles. The molecule has 0 aromatic carbocycles. The Kier molecular flexibility index (Phi) is 12.7. The fourth-order valence-electron chi connectivity index (χ4n) is 8.41. The van der Waals surface area contributed by atoms with E-state index < -0.39 is 59.0 Å². The van der Waals surface area contributed by atoms with Crippen molar-refractivity contribution in [3.8, 4) is 0 Å². The minimum absolute atomic E-state index is 0.0118. The van der Waals surface area contributed by atoms with Crippen LogP contribution in [0.4, 0.5) is 0 Å². The number of carbonyl (C=O) groups is 6. The second-order valence-electron chi connectivity index (χ2n) is 18.1. The van der Waals surface area contributed by atoms with E-state index in [-0.39, 0.29) is 40.9 Å². The molecular weight excluding hydrogens is 674 g/mol. The smallest absolute Gasteiger partial charge is 0.289 e. The third-order valence-electron chi connectivity index (χ3n) is 11.7. The molecule has 2 heterocycles. The van der Waals surface area contributed by atoms with Crippen LogP contribution in [0.25, 0.3) is 0 Å². The first-order valence-corrected chi connectivity index (χ1v) is 20.1. The summed E-state index contributed by atoms with van der Waals surface area (Å²) in [7, 11) is 0. The standard InChI is InChI=1S/C40H63N7O6/c1-8-14-26(32(48)37(52)41-25-19-20-25)42-35(50)29-21-24-17-12-13-18-28(24)47(29)38(53)33(40(5,6)7)44-36(51)31(23-15-10-9-11-16-23)43-34(49)27-22-30(46-45-27)39(2,3)4/h22-26,28-29,31,33H,8-21H2,1-7H3,(H,41,52)(H,42,50)(H,43,49)(H,44,51)(H,45,46)/t24-,26-,28-,29-,31-,33+/m0/s1. The summed E-state index contributed by atoms with van der Waals surface area (Å²) in [6, 6.07) is -2.17. The largest absolute Gasteiger partial charge is 0.347 e. The van der Waals surface area contributed by atoms with E-state index in [9.17, 15) is 28.8 Å². The van der Waals surface area contributed by atoms with E-state index in [2.05, 4.69) is 31.5 Å². The highest BCUT2D eigenvalue weighted by Gasteiger charge is 2.51. The van der Waals surface area contributed by atoms with Crippen molar-refractivity contribution >= 4 is 35.3 Å². The van der Waals surface area contributed by atoms with Crippen molar-refractivity contribution in [1.29, 1.82) is 0 Å². The Bertz CT molecular complexity index is 1520. The summed E-state index contributed by atoms with van der Waals surface area (Å²) in [5.74, 6) is -3.02. The van der Waals surface area contributed by atoms with Crippen LogP contribution in [0.15, 0.2) is 6.07 Å². The lowest BCUT2D eigenvalue weighted by molar-refractivity contribution is -0.147. The van der Waals surface area contributed by atoms with Crippen molar-refractivity contribution in [3.05, 3.63) is 17.5 Å². The van der Waals surface area contributed by atoms with E-state index in [0.29, 0.717) is 19.3 Å². The van der Waals surface area contributed by atoms with Crippen molar-refractivity contribution in [2.24, 2.45) is 17.3 Å². The van der Waals surface area contributed by atoms with Gasteiger partial charge in [-0.25, -0.2) is 0 Å². The van der Waals surface area contributed by atoms with Crippen LogP contribution in [-0.2, 0) is 29.4 Å². The average Bonchev–Trinajstić information content (AvgIpc) is 3.60. The number of nitrogens with zero attached hydrogens (tertiary/aromatic N) is 2. The Morgan fingerprint density at radius 3 is 2.13 bits per heavy atom. The third kappa shape index (κ3) is 9.86. The van der Waals surface area contributed by atoms with Gasteiger partial charge in [0.1, 0.15) is 23.8 Å². The van der Waals surface area contributed by atoms with Crippen molar-refractivity contribution < 1.29 is 28.8 Å². The quantitative estimate of drug-likeness (QED) is 0.188. The number of ketones is 1. The van der Waals surface area contributed by atoms with Gasteiger partial charge in [-0.3, -0.25) is 33.9 Å².